The number of azo groups is 1. The summed E-state index contributed by atoms with van der Waals surface area (Å²) in [5.74, 6) is -0.607. The Labute approximate surface area is 194 Å². The van der Waals surface area contributed by atoms with Crippen LogP contribution in [0.3, 0.4) is 0 Å². The molecule has 1 saturated heterocycles. The zero-order chi connectivity index (χ0) is 22.5. The number of hydrogen-bond acceptors (Lipinski definition) is 6. The number of fused-ring (bicyclic) bond motifs is 1. The van der Waals surface area contributed by atoms with Crippen LogP contribution in [0.15, 0.2) is 68.4 Å². The maximum Gasteiger partial charge on any atom is 0.304 e. The highest BCUT2D eigenvalue weighted by atomic mass is 79.9. The van der Waals surface area contributed by atoms with Gasteiger partial charge in [0, 0.05) is 9.86 Å². The lowest BCUT2D eigenvalue weighted by Gasteiger charge is -2.17. The zero-order valence-electron chi connectivity index (χ0n) is 17.7. The Morgan fingerprint density at radius 3 is 2.66 bits per heavy atom. The van der Waals surface area contributed by atoms with Gasteiger partial charge in [-0.1, -0.05) is 51.4 Å². The second-order valence-electron chi connectivity index (χ2n) is 7.64. The number of rotatable bonds is 7. The highest BCUT2D eigenvalue weighted by Gasteiger charge is 2.20. The van der Waals surface area contributed by atoms with Crippen molar-refractivity contribution in [2.75, 3.05) is 19.7 Å². The third-order valence-electron chi connectivity index (χ3n) is 5.35. The summed E-state index contributed by atoms with van der Waals surface area (Å²) in [4.78, 5) is 19.6. The molecule has 8 nitrogen and oxygen atoms in total. The number of oxime groups is 1. The van der Waals surface area contributed by atoms with Gasteiger partial charge < -0.3 is 9.94 Å². The summed E-state index contributed by atoms with van der Waals surface area (Å²) in [6, 6.07) is 15.2. The summed E-state index contributed by atoms with van der Waals surface area (Å²) in [6.07, 6.45) is 2.30. The van der Waals surface area contributed by atoms with E-state index in [4.69, 9.17) is 4.84 Å². The maximum absolute atomic E-state index is 12.2. The van der Waals surface area contributed by atoms with E-state index in [0.717, 1.165) is 41.5 Å². The second kappa shape index (κ2) is 10.1. The fraction of sp³-hybridized carbons (Fsp3) is 0.304. The van der Waals surface area contributed by atoms with Gasteiger partial charge in [0.1, 0.15) is 0 Å². The van der Waals surface area contributed by atoms with Crippen molar-refractivity contribution in [3.05, 3.63) is 58.6 Å². The minimum absolute atomic E-state index is 0.0135. The summed E-state index contributed by atoms with van der Waals surface area (Å²) in [5, 5.41) is 23.3. The Morgan fingerprint density at radius 2 is 1.91 bits per heavy atom. The van der Waals surface area contributed by atoms with Crippen molar-refractivity contribution < 1.29 is 14.7 Å². The number of hydrogen-bond donors (Lipinski definition) is 1. The molecule has 9 heteroatoms. The molecule has 0 atom stereocenters. The lowest BCUT2D eigenvalue weighted by atomic mass is 10.1. The van der Waals surface area contributed by atoms with Gasteiger partial charge >= 0.3 is 5.91 Å². The van der Waals surface area contributed by atoms with Crippen molar-refractivity contribution in [2.24, 2.45) is 15.4 Å². The number of amides is 1. The average Bonchev–Trinajstić information content (AvgIpc) is 3.40. The summed E-state index contributed by atoms with van der Waals surface area (Å²) >= 11 is 3.46. The number of nitrogens with zero attached hydrogens (tertiary/aromatic N) is 5. The third kappa shape index (κ3) is 5.05. The van der Waals surface area contributed by atoms with Crippen LogP contribution in [0.4, 0.5) is 5.69 Å². The molecule has 32 heavy (non-hydrogen) atoms. The molecule has 0 bridgehead atoms. The first-order valence-corrected chi connectivity index (χ1v) is 11.2. The van der Waals surface area contributed by atoms with Gasteiger partial charge in [-0.3, -0.25) is 14.3 Å². The molecule has 0 radical (unpaired) electrons. The summed E-state index contributed by atoms with van der Waals surface area (Å²) in [7, 11) is 0. The molecule has 2 aromatic carbocycles. The fourth-order valence-electron chi connectivity index (χ4n) is 3.71. The van der Waals surface area contributed by atoms with Gasteiger partial charge in [0.15, 0.2) is 12.3 Å². The van der Waals surface area contributed by atoms with E-state index in [2.05, 4.69) is 36.2 Å². The number of halogens is 1. The molecular formula is C23H24BrN5O3. The van der Waals surface area contributed by atoms with E-state index in [1.54, 1.807) is 11.5 Å². The molecule has 0 unspecified atom stereocenters. The number of carbonyl (C=O) groups is 1. The van der Waals surface area contributed by atoms with E-state index in [1.165, 1.54) is 0 Å². The van der Waals surface area contributed by atoms with Gasteiger partial charge in [-0.05, 0) is 56.6 Å². The van der Waals surface area contributed by atoms with Crippen molar-refractivity contribution in [2.45, 2.75) is 26.4 Å². The molecule has 4 rings (SSSR count). The van der Waals surface area contributed by atoms with Gasteiger partial charge in [0.05, 0.1) is 17.9 Å². The standard InChI is InChI=1S/C23H24BrN5O3/c1-16(17-7-3-2-4-8-17)27-32-14-21(30)25-26-22-19-13-18(24)9-10-20(19)29(23(22)31)15-28-11-5-6-12-28/h2-4,7-10,13,31H,5-6,11-12,14-15H2,1H3. The zero-order valence-corrected chi connectivity index (χ0v) is 19.3. The fourth-order valence-corrected chi connectivity index (χ4v) is 4.07. The van der Waals surface area contributed by atoms with Crippen LogP contribution in [-0.2, 0) is 16.3 Å². The van der Waals surface area contributed by atoms with E-state index in [0.29, 0.717) is 17.8 Å². The molecule has 1 aromatic heterocycles. The van der Waals surface area contributed by atoms with Crippen molar-refractivity contribution in [3.8, 4) is 5.88 Å². The largest absolute Gasteiger partial charge is 0.493 e. The molecule has 1 aliphatic heterocycles. The summed E-state index contributed by atoms with van der Waals surface area (Å²) in [5.41, 5.74) is 2.65. The maximum atomic E-state index is 12.2. The van der Waals surface area contributed by atoms with E-state index in [9.17, 15) is 9.90 Å². The average molecular weight is 498 g/mol. The minimum Gasteiger partial charge on any atom is -0.493 e. The van der Waals surface area contributed by atoms with Crippen LogP contribution in [0.1, 0.15) is 25.3 Å². The predicted molar refractivity (Wildman–Crippen MR) is 126 cm³/mol. The number of aromatic nitrogens is 1. The molecular weight excluding hydrogens is 474 g/mol. The van der Waals surface area contributed by atoms with Crippen LogP contribution in [0.2, 0.25) is 0 Å². The van der Waals surface area contributed by atoms with E-state index in [1.807, 2.05) is 48.5 Å². The second-order valence-corrected chi connectivity index (χ2v) is 8.55. The van der Waals surface area contributed by atoms with Crippen LogP contribution in [-0.4, -0.2) is 45.9 Å². The van der Waals surface area contributed by atoms with Gasteiger partial charge in [0.2, 0.25) is 5.88 Å². The molecule has 0 saturated carbocycles. The Kier molecular flexibility index (Phi) is 6.96. The Bertz CT molecular complexity index is 1170. The molecule has 2 heterocycles. The normalized spacial score (nSPS) is 15.1. The highest BCUT2D eigenvalue weighted by molar-refractivity contribution is 9.10. The van der Waals surface area contributed by atoms with Crippen molar-refractivity contribution >= 4 is 44.1 Å². The summed E-state index contributed by atoms with van der Waals surface area (Å²) < 4.78 is 2.65. The van der Waals surface area contributed by atoms with Crippen LogP contribution in [0, 0.1) is 0 Å². The monoisotopic (exact) mass is 497 g/mol. The van der Waals surface area contributed by atoms with Gasteiger partial charge in [-0.2, -0.15) is 0 Å². The Hall–Kier alpha value is -3.04. The van der Waals surface area contributed by atoms with Crippen LogP contribution in [0.25, 0.3) is 10.9 Å². The number of carbonyl (C=O) groups excluding carboxylic acids is 1. The quantitative estimate of drug-likeness (QED) is 0.275. The molecule has 3 aromatic rings. The first kappa shape index (κ1) is 22.2. The number of likely N-dealkylation sites (tertiary alicyclic amines) is 1. The third-order valence-corrected chi connectivity index (χ3v) is 5.85. The number of benzene rings is 2. The Morgan fingerprint density at radius 1 is 1.16 bits per heavy atom. The van der Waals surface area contributed by atoms with Gasteiger partial charge in [-0.25, -0.2) is 0 Å². The van der Waals surface area contributed by atoms with Gasteiger partial charge in [0.25, 0.3) is 0 Å². The lowest BCUT2D eigenvalue weighted by Crippen LogP contribution is -2.22. The van der Waals surface area contributed by atoms with Crippen LogP contribution in [0.5, 0.6) is 5.88 Å². The molecule has 0 spiro atoms. The molecule has 1 amide bonds. The molecule has 1 aliphatic rings. The van der Waals surface area contributed by atoms with Gasteiger partial charge in [-0.15, -0.1) is 10.2 Å². The van der Waals surface area contributed by atoms with Crippen LogP contribution >= 0.6 is 15.9 Å². The Balaban J connectivity index is 1.49. The van der Waals surface area contributed by atoms with Crippen molar-refractivity contribution in [3.63, 3.8) is 0 Å². The first-order valence-electron chi connectivity index (χ1n) is 10.4. The summed E-state index contributed by atoms with van der Waals surface area (Å²) in [6.45, 7) is 4.00. The van der Waals surface area contributed by atoms with E-state index in [-0.39, 0.29) is 18.2 Å². The predicted octanol–water partition coefficient (Wildman–Crippen LogP) is 5.21. The van der Waals surface area contributed by atoms with E-state index >= 15 is 0 Å². The molecule has 1 fully saturated rings. The molecule has 0 aliphatic carbocycles. The topological polar surface area (TPSA) is 91.8 Å². The van der Waals surface area contributed by atoms with Crippen LogP contribution < -0.4 is 0 Å². The van der Waals surface area contributed by atoms with E-state index < -0.39 is 5.91 Å². The van der Waals surface area contributed by atoms with Crippen molar-refractivity contribution in [1.29, 1.82) is 0 Å². The lowest BCUT2D eigenvalue weighted by molar-refractivity contribution is -0.122. The van der Waals surface area contributed by atoms with Crippen molar-refractivity contribution in [1.82, 2.24) is 9.47 Å². The molecule has 1 N–H and O–H groups in total. The molecule has 166 valence electrons. The smallest absolute Gasteiger partial charge is 0.304 e. The minimum atomic E-state index is -0.593. The SMILES string of the molecule is CC(=NOCC(=O)N=Nc1c(O)n(CN2CCCC2)c2ccc(Br)cc12)c1ccccc1. The number of aromatic hydroxyl groups is 1. The first-order chi connectivity index (χ1) is 15.5. The highest BCUT2D eigenvalue weighted by Crippen LogP contribution is 2.40.